The van der Waals surface area contributed by atoms with Crippen LogP contribution in [-0.2, 0) is 0 Å². The zero-order valence-corrected chi connectivity index (χ0v) is 7.98. The molecule has 0 spiro atoms. The minimum atomic E-state index is 0.839. The van der Waals surface area contributed by atoms with Crippen molar-refractivity contribution in [2.45, 2.75) is 0 Å². The molecule has 0 aliphatic heterocycles. The van der Waals surface area contributed by atoms with Gasteiger partial charge in [0.15, 0.2) is 3.95 Å². The number of nitrogens with one attached hydrogen (secondary N) is 1. The first-order valence-electron chi connectivity index (χ1n) is 3.06. The third-order valence-corrected chi connectivity index (χ3v) is 3.10. The molecule has 0 saturated carbocycles. The lowest BCUT2D eigenvalue weighted by molar-refractivity contribution is 1.40. The van der Waals surface area contributed by atoms with E-state index in [-0.39, 0.29) is 0 Å². The summed E-state index contributed by atoms with van der Waals surface area (Å²) in [5.41, 5.74) is 2.35. The van der Waals surface area contributed by atoms with Gasteiger partial charge < -0.3 is 4.98 Å². The van der Waals surface area contributed by atoms with Gasteiger partial charge in [0.05, 0.1) is 5.69 Å². The van der Waals surface area contributed by atoms with E-state index in [4.69, 9.17) is 12.2 Å². The molecule has 0 bridgehead atoms. The van der Waals surface area contributed by atoms with Crippen molar-refractivity contribution in [2.24, 2.45) is 0 Å². The van der Waals surface area contributed by atoms with Gasteiger partial charge in [-0.2, -0.15) is 11.3 Å². The van der Waals surface area contributed by atoms with Crippen molar-refractivity contribution in [1.82, 2.24) is 4.98 Å². The van der Waals surface area contributed by atoms with E-state index in [0.29, 0.717) is 0 Å². The highest BCUT2D eigenvalue weighted by molar-refractivity contribution is 7.73. The third kappa shape index (κ3) is 1.42. The average molecular weight is 199 g/mol. The molecule has 56 valence electrons. The first-order chi connectivity index (χ1) is 5.36. The average Bonchev–Trinajstić information content (AvgIpc) is 2.55. The molecular formula is C7H5NS3. The zero-order chi connectivity index (χ0) is 7.68. The van der Waals surface area contributed by atoms with Gasteiger partial charge >= 0.3 is 0 Å². The molecule has 2 aromatic heterocycles. The number of hydrogen-bond acceptors (Lipinski definition) is 3. The number of rotatable bonds is 1. The summed E-state index contributed by atoms with van der Waals surface area (Å²) in [6.45, 7) is 0. The Labute approximate surface area is 77.3 Å². The normalized spacial score (nSPS) is 10.2. The Bertz CT molecular complexity index is 382. The Morgan fingerprint density at radius 2 is 2.27 bits per heavy atom. The fourth-order valence-corrected chi connectivity index (χ4v) is 2.34. The molecule has 0 aromatic carbocycles. The predicted molar refractivity (Wildman–Crippen MR) is 52.8 cm³/mol. The van der Waals surface area contributed by atoms with E-state index in [2.05, 4.69) is 21.8 Å². The largest absolute Gasteiger partial charge is 0.337 e. The quantitative estimate of drug-likeness (QED) is 0.695. The summed E-state index contributed by atoms with van der Waals surface area (Å²) in [5.74, 6) is 0. The van der Waals surface area contributed by atoms with Crippen molar-refractivity contribution < 1.29 is 0 Å². The fraction of sp³-hybridized carbons (Fsp3) is 0. The molecule has 4 heteroatoms. The molecule has 0 atom stereocenters. The van der Waals surface area contributed by atoms with Crippen LogP contribution in [-0.4, -0.2) is 4.98 Å². The lowest BCUT2D eigenvalue weighted by atomic mass is 10.3. The second kappa shape index (κ2) is 2.89. The van der Waals surface area contributed by atoms with Gasteiger partial charge in [-0.25, -0.2) is 0 Å². The molecule has 1 N–H and O–H groups in total. The Kier molecular flexibility index (Phi) is 1.89. The molecule has 2 aromatic rings. The predicted octanol–water partition coefficient (Wildman–Crippen LogP) is 3.53. The summed E-state index contributed by atoms with van der Waals surface area (Å²) in [6, 6.07) is 2.08. The zero-order valence-electron chi connectivity index (χ0n) is 5.53. The van der Waals surface area contributed by atoms with E-state index in [1.165, 1.54) is 5.56 Å². The van der Waals surface area contributed by atoms with Crippen molar-refractivity contribution in [2.75, 3.05) is 0 Å². The minimum Gasteiger partial charge on any atom is -0.337 e. The van der Waals surface area contributed by atoms with Crippen LogP contribution in [0.2, 0.25) is 0 Å². The molecule has 0 aliphatic carbocycles. The van der Waals surface area contributed by atoms with Crippen LogP contribution in [0.4, 0.5) is 0 Å². The summed E-state index contributed by atoms with van der Waals surface area (Å²) in [6.07, 6.45) is 0. The van der Waals surface area contributed by atoms with Gasteiger partial charge in [-0.05, 0) is 23.7 Å². The van der Waals surface area contributed by atoms with Crippen molar-refractivity contribution in [3.63, 3.8) is 0 Å². The Morgan fingerprint density at radius 3 is 2.82 bits per heavy atom. The molecule has 0 radical (unpaired) electrons. The van der Waals surface area contributed by atoms with Crippen molar-refractivity contribution in [3.8, 4) is 11.3 Å². The highest BCUT2D eigenvalue weighted by Crippen LogP contribution is 2.21. The smallest absolute Gasteiger partial charge is 0.158 e. The Morgan fingerprint density at radius 1 is 1.36 bits per heavy atom. The molecule has 11 heavy (non-hydrogen) atoms. The summed E-state index contributed by atoms with van der Waals surface area (Å²) in [7, 11) is 0. The molecule has 0 saturated heterocycles. The lowest BCUT2D eigenvalue weighted by Gasteiger charge is -1.86. The summed E-state index contributed by atoms with van der Waals surface area (Å²) >= 11 is 8.23. The Hall–Kier alpha value is -0.450. The molecule has 2 heterocycles. The van der Waals surface area contributed by atoms with Crippen molar-refractivity contribution in [1.29, 1.82) is 0 Å². The van der Waals surface area contributed by atoms with Gasteiger partial charge in [0.25, 0.3) is 0 Å². The van der Waals surface area contributed by atoms with E-state index in [9.17, 15) is 0 Å². The van der Waals surface area contributed by atoms with E-state index >= 15 is 0 Å². The number of H-pyrrole nitrogens is 1. The fourth-order valence-electron chi connectivity index (χ4n) is 0.839. The van der Waals surface area contributed by atoms with Gasteiger partial charge in [0, 0.05) is 16.3 Å². The molecular weight excluding hydrogens is 194 g/mol. The maximum absolute atomic E-state index is 4.97. The monoisotopic (exact) mass is 199 g/mol. The molecule has 0 aliphatic rings. The molecule has 1 nitrogen and oxygen atoms in total. The maximum atomic E-state index is 4.97. The first-order valence-corrected chi connectivity index (χ1v) is 5.30. The van der Waals surface area contributed by atoms with E-state index < -0.39 is 0 Å². The molecule has 0 fully saturated rings. The lowest BCUT2D eigenvalue weighted by Crippen LogP contribution is -1.69. The summed E-state index contributed by atoms with van der Waals surface area (Å²) < 4.78 is 0.839. The third-order valence-electron chi connectivity index (χ3n) is 1.35. The minimum absolute atomic E-state index is 0.839. The van der Waals surface area contributed by atoms with E-state index in [1.807, 2.05) is 5.38 Å². The Balaban J connectivity index is 2.53. The summed E-state index contributed by atoms with van der Waals surface area (Å²) in [4.78, 5) is 3.12. The van der Waals surface area contributed by atoms with Gasteiger partial charge in [-0.15, -0.1) is 11.3 Å². The van der Waals surface area contributed by atoms with Gasteiger partial charge in [-0.3, -0.25) is 0 Å². The van der Waals surface area contributed by atoms with Crippen molar-refractivity contribution >= 4 is 34.9 Å². The highest BCUT2D eigenvalue weighted by Gasteiger charge is 1.97. The van der Waals surface area contributed by atoms with Gasteiger partial charge in [0.1, 0.15) is 0 Å². The standard InChI is InChI=1S/C7H5NS3/c9-7-8-6(4-11-7)5-1-2-10-3-5/h1-4H,(H,8,9). The molecule has 2 rings (SSSR count). The second-order valence-electron chi connectivity index (χ2n) is 2.07. The number of thiophene rings is 1. The van der Waals surface area contributed by atoms with Gasteiger partial charge in [-0.1, -0.05) is 0 Å². The van der Waals surface area contributed by atoms with Crippen LogP contribution < -0.4 is 0 Å². The van der Waals surface area contributed by atoms with Crippen LogP contribution in [0.5, 0.6) is 0 Å². The maximum Gasteiger partial charge on any atom is 0.158 e. The highest BCUT2D eigenvalue weighted by atomic mass is 32.1. The number of hydrogen-bond donors (Lipinski definition) is 1. The SMILES string of the molecule is S=c1[nH]c(-c2ccsc2)cs1. The molecule has 0 unspecified atom stereocenters. The summed E-state index contributed by atoms with van der Waals surface area (Å²) in [5, 5.41) is 6.21. The number of aromatic amines is 1. The van der Waals surface area contributed by atoms with Crippen LogP contribution in [0.3, 0.4) is 0 Å². The van der Waals surface area contributed by atoms with Crippen molar-refractivity contribution in [3.05, 3.63) is 26.2 Å². The van der Waals surface area contributed by atoms with Crippen LogP contribution >= 0.6 is 34.9 Å². The molecule has 0 amide bonds. The van der Waals surface area contributed by atoms with E-state index in [0.717, 1.165) is 9.65 Å². The topological polar surface area (TPSA) is 15.8 Å². The number of thiazole rings is 1. The van der Waals surface area contributed by atoms with Gasteiger partial charge in [0.2, 0.25) is 0 Å². The van der Waals surface area contributed by atoms with E-state index in [1.54, 1.807) is 22.7 Å². The van der Waals surface area contributed by atoms with Crippen LogP contribution in [0.1, 0.15) is 0 Å². The second-order valence-corrected chi connectivity index (χ2v) is 4.40. The first kappa shape index (κ1) is 7.21. The van der Waals surface area contributed by atoms with Crippen LogP contribution in [0, 0.1) is 3.95 Å². The number of aromatic nitrogens is 1. The van der Waals surface area contributed by atoms with Crippen LogP contribution in [0.15, 0.2) is 22.2 Å². The van der Waals surface area contributed by atoms with Crippen LogP contribution in [0.25, 0.3) is 11.3 Å².